The van der Waals surface area contributed by atoms with Crippen molar-refractivity contribution in [2.24, 2.45) is 29.4 Å². The van der Waals surface area contributed by atoms with Gasteiger partial charge in [-0.1, -0.05) is 95.4 Å². The fourth-order valence-corrected chi connectivity index (χ4v) is 4.32. The van der Waals surface area contributed by atoms with Crippen LogP contribution in [0.4, 0.5) is 0 Å². The van der Waals surface area contributed by atoms with Gasteiger partial charge in [-0.2, -0.15) is 0 Å². The molecule has 0 spiro atoms. The minimum Gasteiger partial charge on any atom is -1.00 e. The van der Waals surface area contributed by atoms with E-state index in [1.165, 1.54) is 32.5 Å². The summed E-state index contributed by atoms with van der Waals surface area (Å²) in [6.45, 7) is 33.4. The van der Waals surface area contributed by atoms with Gasteiger partial charge in [-0.15, -0.1) is 0 Å². The summed E-state index contributed by atoms with van der Waals surface area (Å²) in [5.74, 6) is -1.14. The number of ether oxygens (including phenoxy) is 2. The van der Waals surface area contributed by atoms with Crippen LogP contribution in [-0.2, 0) is 33.3 Å². The number of nitrogens with one attached hydrogen (secondary N) is 1. The smallest absolute Gasteiger partial charge is 1.00 e. The molecule has 2 aliphatic rings. The van der Waals surface area contributed by atoms with Crippen LogP contribution in [0, 0.1) is 30.3 Å². The second-order valence-electron chi connectivity index (χ2n) is 14.5. The van der Waals surface area contributed by atoms with Crippen LogP contribution in [0.5, 0.6) is 0 Å². The Morgan fingerprint density at radius 3 is 1.37 bits per heavy atom. The van der Waals surface area contributed by atoms with Crippen LogP contribution in [0.2, 0.25) is 0 Å². The Labute approximate surface area is 366 Å². The molecule has 2 fully saturated rings. The van der Waals surface area contributed by atoms with E-state index in [1.54, 1.807) is 0 Å². The Bertz CT molecular complexity index is 990. The normalized spacial score (nSPS) is 20.9. The molecule has 2 heterocycles. The molecule has 12 atom stereocenters. The summed E-state index contributed by atoms with van der Waals surface area (Å²) in [5, 5.41) is 66.9. The Hall–Kier alpha value is -2.29. The second kappa shape index (κ2) is 43.4. The van der Waals surface area contributed by atoms with E-state index in [4.69, 9.17) is 25.7 Å². The largest absolute Gasteiger partial charge is 1.00 e. The summed E-state index contributed by atoms with van der Waals surface area (Å²) in [5.41, 5.74) is 9.04. The predicted octanol–water partition coefficient (Wildman–Crippen LogP) is -3.26. The zero-order valence-corrected chi connectivity index (χ0v) is 39.3. The number of quaternary nitrogens is 1. The quantitative estimate of drug-likeness (QED) is 0.0346. The number of fused-ring (bicyclic) bond motifs is 1. The van der Waals surface area contributed by atoms with Gasteiger partial charge in [-0.05, 0) is 56.8 Å². The number of nitrogens with zero attached hydrogens (tertiary/aromatic N) is 1. The van der Waals surface area contributed by atoms with E-state index < -0.39 is 72.5 Å². The number of rotatable bonds is 19. The van der Waals surface area contributed by atoms with Crippen LogP contribution in [-0.4, -0.2) is 159 Å². The number of aliphatic hydroxyl groups is 7. The molecule has 360 valence electrons. The summed E-state index contributed by atoms with van der Waals surface area (Å²) in [6.07, 6.45) is -7.78. The van der Waals surface area contributed by atoms with Crippen molar-refractivity contribution >= 4 is 23.6 Å². The summed E-state index contributed by atoms with van der Waals surface area (Å²) in [4.78, 5) is 47.3. The van der Waals surface area contributed by atoms with E-state index in [1.807, 2.05) is 27.7 Å². The van der Waals surface area contributed by atoms with E-state index in [0.29, 0.717) is 24.8 Å². The molecule has 2 aliphatic heterocycles. The van der Waals surface area contributed by atoms with Crippen molar-refractivity contribution in [3.05, 3.63) is 6.65 Å². The third-order valence-corrected chi connectivity index (χ3v) is 10.1. The molecule has 18 nitrogen and oxygen atoms in total. The van der Waals surface area contributed by atoms with Gasteiger partial charge in [-0.3, -0.25) is 9.59 Å². The predicted molar refractivity (Wildman–Crippen MR) is 223 cm³/mol. The van der Waals surface area contributed by atoms with Crippen LogP contribution < -0.4 is 29.2 Å². The number of carbonyl (C=O) groups excluding carboxylic acids is 4. The molecule has 0 aromatic rings. The molecular weight excluding hydrogens is 808 g/mol. The maximum absolute atomic E-state index is 11.9. The van der Waals surface area contributed by atoms with Crippen LogP contribution >= 0.6 is 0 Å². The summed E-state index contributed by atoms with van der Waals surface area (Å²) in [6, 6.07) is 0. The van der Waals surface area contributed by atoms with Gasteiger partial charge in [0.2, 0.25) is 0 Å². The zero-order valence-electron chi connectivity index (χ0n) is 38.5. The number of ketones is 1. The Morgan fingerprint density at radius 2 is 1.10 bits per heavy atom. The summed E-state index contributed by atoms with van der Waals surface area (Å²) < 4.78 is 16.5. The number of hydrogen-bond donors (Lipinski definition) is 10. The zero-order chi connectivity index (χ0) is 47.4. The fourth-order valence-electron chi connectivity index (χ4n) is 4.32. The molecule has 13 N–H and O–H groups in total. The fraction of sp³-hybridized carbons (Fsp3) is 0.878. The van der Waals surface area contributed by atoms with Gasteiger partial charge in [-0.25, -0.2) is 9.59 Å². The van der Waals surface area contributed by atoms with E-state index in [0.717, 1.165) is 39.0 Å². The first-order chi connectivity index (χ1) is 27.7. The number of Topliss-reactive ketones (excluding diaryl/α,β-unsaturated/α-hetero) is 1. The number of carbonyl (C=O) groups is 4. The van der Waals surface area contributed by atoms with E-state index in [9.17, 15) is 39.6 Å². The number of amides is 1. The Kier molecular flexibility index (Phi) is 50.2. The van der Waals surface area contributed by atoms with Gasteiger partial charge in [0.25, 0.3) is 5.91 Å². The van der Waals surface area contributed by atoms with Crippen molar-refractivity contribution in [3.8, 4) is 0 Å². The molecule has 2 rings (SSSR count). The topological polar surface area (TPSA) is 317 Å². The van der Waals surface area contributed by atoms with Gasteiger partial charge in [0, 0.05) is 26.0 Å². The monoisotopic (exact) mass is 893 g/mol. The number of aliphatic hydroxyl groups excluding tert-OH is 7. The molecule has 0 saturated carbocycles. The van der Waals surface area contributed by atoms with Crippen LogP contribution in [0.15, 0.2) is 0 Å². The average Bonchev–Trinajstić information content (AvgIpc) is 3.72. The van der Waals surface area contributed by atoms with Crippen molar-refractivity contribution in [3.63, 3.8) is 0 Å². The van der Waals surface area contributed by atoms with Gasteiger partial charge >= 0.3 is 23.2 Å². The van der Waals surface area contributed by atoms with Crippen molar-refractivity contribution in [1.29, 1.82) is 0 Å². The van der Waals surface area contributed by atoms with Crippen LogP contribution in [0.1, 0.15) is 115 Å². The summed E-state index contributed by atoms with van der Waals surface area (Å²) in [7, 11) is 1.00. The Balaban J connectivity index is -0.000000168. The molecule has 4 unspecified atom stereocenters. The van der Waals surface area contributed by atoms with Crippen LogP contribution in [0.3, 0.4) is 0 Å². The number of halogens is 1. The summed E-state index contributed by atoms with van der Waals surface area (Å²) >= 11 is 0. The minimum atomic E-state index is -1.94. The first-order valence-electron chi connectivity index (χ1n) is 20.9. The maximum Gasteiger partial charge on any atom is -1.00 e. The molecule has 0 aromatic carbocycles. The average molecular weight is 894 g/mol. The van der Waals surface area contributed by atoms with Gasteiger partial charge in [0.05, 0.1) is 6.54 Å². The SMILES string of the molecule is CCC(C)CCC(=O)[C@@H](O)[C@@H](O)[C@H](O)[C@@H](O)C(=O)NCC(C)CC.CCC(C)CN.CCC(C)C[NH3+].CCN(CC)CC.CO.O=C1O[C@H]2[C@H](OC(=O)[C@@H]2O)[C@@H]1O.[C-]#[O+].[Cl-]. The maximum atomic E-state index is 11.9. The molecule has 0 aromatic heterocycles. The molecule has 0 aliphatic carbocycles. The molecule has 2 saturated heterocycles. The number of nitrogens with two attached hydrogens (primary N) is 1. The minimum absolute atomic E-state index is 0. The van der Waals surface area contributed by atoms with Crippen LogP contribution in [0.25, 0.3) is 0 Å². The van der Waals surface area contributed by atoms with Crippen molar-refractivity contribution in [1.82, 2.24) is 10.2 Å². The number of esters is 2. The molecule has 19 heteroatoms. The molecular formula is C41H85ClN4O14. The van der Waals surface area contributed by atoms with E-state index in [-0.39, 0.29) is 24.7 Å². The first-order valence-corrected chi connectivity index (χ1v) is 20.9. The first kappa shape index (κ1) is 69.4. The molecule has 1 amide bonds. The second-order valence-corrected chi connectivity index (χ2v) is 14.5. The third-order valence-electron chi connectivity index (χ3n) is 10.1. The van der Waals surface area contributed by atoms with Gasteiger partial charge < -0.3 is 79.3 Å². The molecule has 60 heavy (non-hydrogen) atoms. The van der Waals surface area contributed by atoms with Crippen molar-refractivity contribution in [2.75, 3.05) is 46.4 Å². The third kappa shape index (κ3) is 30.7. The van der Waals surface area contributed by atoms with Gasteiger partial charge in [0.15, 0.2) is 36.3 Å². The van der Waals surface area contributed by atoms with Crippen molar-refractivity contribution < 1.29 is 87.2 Å². The molecule has 0 radical (unpaired) electrons. The Morgan fingerprint density at radius 1 is 0.733 bits per heavy atom. The molecule has 0 bridgehead atoms. The number of hydrogen-bond acceptors (Lipinski definition) is 15. The van der Waals surface area contributed by atoms with E-state index >= 15 is 0 Å². The van der Waals surface area contributed by atoms with Gasteiger partial charge in [0.1, 0.15) is 18.3 Å². The van der Waals surface area contributed by atoms with E-state index in [2.05, 4.69) is 80.5 Å². The van der Waals surface area contributed by atoms with Crippen molar-refractivity contribution in [2.45, 2.75) is 164 Å². The standard InChI is InChI=1S/C17H33NO6.C6H15N.C6H6O6.2C5H13N.CH4O.CO.ClH/c1-5-10(3)7-8-12(19)13(20)14(21)15(22)16(23)17(24)18-9-11(4)6-2;1-4-7(5-2)6-3;7-1-3-4(12-5(1)9)2(8)6(10)11-3;2*1-3-5(2)4-6;2*1-2;/h10-11,13-16,20-23H,5-9H2,1-4H3,(H,18,24);4-6H2,1-3H3;1-4,7-8H;2*5H,3-4,6H2,1-2H3;2H,1H3;;1H/t10?,11?,13-,14-,15+,16-;;1-,2+,3-,4-;;;;;/m1.1...../s1.